The lowest BCUT2D eigenvalue weighted by Crippen LogP contribution is -2.42. The van der Waals surface area contributed by atoms with E-state index in [2.05, 4.69) is 46.6 Å². The zero-order chi connectivity index (χ0) is 16.4. The van der Waals surface area contributed by atoms with Gasteiger partial charge in [-0.1, -0.05) is 32.6 Å². The van der Waals surface area contributed by atoms with Gasteiger partial charge in [-0.05, 0) is 27.2 Å². The molecule has 0 saturated heterocycles. The highest BCUT2D eigenvalue weighted by Crippen LogP contribution is 2.05. The van der Waals surface area contributed by atoms with Crippen LogP contribution in [0.2, 0.25) is 0 Å². The molecule has 1 atom stereocenters. The Hall–Kier alpha value is -0.860. The largest absolute Gasteiger partial charge is 0.357 e. The van der Waals surface area contributed by atoms with Crippen molar-refractivity contribution in [3.63, 3.8) is 0 Å². The van der Waals surface area contributed by atoms with Crippen LogP contribution in [-0.4, -0.2) is 33.3 Å². The van der Waals surface area contributed by atoms with Gasteiger partial charge in [-0.25, -0.2) is 4.99 Å². The maximum atomic E-state index is 4.61. The summed E-state index contributed by atoms with van der Waals surface area (Å²) >= 11 is 0. The van der Waals surface area contributed by atoms with Crippen LogP contribution in [-0.2, 0) is 13.6 Å². The maximum absolute atomic E-state index is 4.61. The molecule has 0 aliphatic heterocycles. The van der Waals surface area contributed by atoms with Crippen LogP contribution in [0.5, 0.6) is 0 Å². The minimum Gasteiger partial charge on any atom is -0.357 e. The predicted octanol–water partition coefficient (Wildman–Crippen LogP) is 3.16. The van der Waals surface area contributed by atoms with E-state index in [4.69, 9.17) is 0 Å². The number of hydrogen-bond acceptors (Lipinski definition) is 3. The molecule has 0 saturated carbocycles. The second-order valence-corrected chi connectivity index (χ2v) is 5.81. The number of halogens is 1. The van der Waals surface area contributed by atoms with Gasteiger partial charge in [0.05, 0.1) is 0 Å². The van der Waals surface area contributed by atoms with Crippen molar-refractivity contribution < 1.29 is 0 Å². The summed E-state index contributed by atoms with van der Waals surface area (Å²) in [6.45, 7) is 9.87. The smallest absolute Gasteiger partial charge is 0.191 e. The molecular formula is C16H33IN6. The van der Waals surface area contributed by atoms with Crippen molar-refractivity contribution in [2.45, 2.75) is 72.4 Å². The van der Waals surface area contributed by atoms with Crippen molar-refractivity contribution in [3.8, 4) is 0 Å². The van der Waals surface area contributed by atoms with E-state index in [1.165, 1.54) is 32.1 Å². The van der Waals surface area contributed by atoms with E-state index in [1.807, 2.05) is 18.5 Å². The number of guanidine groups is 1. The van der Waals surface area contributed by atoms with Crippen molar-refractivity contribution in [2.75, 3.05) is 6.54 Å². The summed E-state index contributed by atoms with van der Waals surface area (Å²) in [4.78, 5) is 4.61. The average Bonchev–Trinajstić information content (AvgIpc) is 2.81. The molecule has 0 bridgehead atoms. The third-order valence-electron chi connectivity index (χ3n) is 3.78. The van der Waals surface area contributed by atoms with Gasteiger partial charge >= 0.3 is 0 Å². The highest BCUT2D eigenvalue weighted by Gasteiger charge is 2.07. The molecule has 1 aromatic rings. The topological polar surface area (TPSA) is 67.1 Å². The first-order valence-corrected chi connectivity index (χ1v) is 8.48. The fourth-order valence-electron chi connectivity index (χ4n) is 2.24. The van der Waals surface area contributed by atoms with Gasteiger partial charge in [0.25, 0.3) is 0 Å². The van der Waals surface area contributed by atoms with Crippen molar-refractivity contribution in [3.05, 3.63) is 11.6 Å². The van der Waals surface area contributed by atoms with E-state index < -0.39 is 0 Å². The molecule has 0 fully saturated rings. The Balaban J connectivity index is 0.00000484. The minimum atomic E-state index is 0. The molecule has 0 radical (unpaired) electrons. The lowest BCUT2D eigenvalue weighted by Gasteiger charge is -2.17. The third-order valence-corrected chi connectivity index (χ3v) is 3.78. The monoisotopic (exact) mass is 436 g/mol. The predicted molar refractivity (Wildman–Crippen MR) is 107 cm³/mol. The number of nitrogens with zero attached hydrogens (tertiary/aromatic N) is 4. The molecule has 1 rings (SSSR count). The average molecular weight is 436 g/mol. The van der Waals surface area contributed by atoms with Crippen LogP contribution in [0, 0.1) is 6.92 Å². The fraction of sp³-hybridized carbons (Fsp3) is 0.812. The van der Waals surface area contributed by atoms with Crippen LogP contribution in [0.3, 0.4) is 0 Å². The van der Waals surface area contributed by atoms with Gasteiger partial charge in [-0.3, -0.25) is 0 Å². The molecule has 1 aromatic heterocycles. The summed E-state index contributed by atoms with van der Waals surface area (Å²) in [6.07, 6.45) is 6.36. The summed E-state index contributed by atoms with van der Waals surface area (Å²) in [6, 6.07) is 0.427. The quantitative estimate of drug-likeness (QED) is 0.270. The van der Waals surface area contributed by atoms with Gasteiger partial charge in [-0.15, -0.1) is 34.2 Å². The standard InChI is InChI=1S/C16H32N6.HI/c1-6-8-9-10-11-13(3)19-16(17-7-2)18-12-15-21-20-14(4)22(15)5;/h13H,6-12H2,1-5H3,(H2,17,18,19);1H. The Kier molecular flexibility index (Phi) is 12.1. The number of hydrogen-bond donors (Lipinski definition) is 2. The molecule has 134 valence electrons. The zero-order valence-corrected chi connectivity index (χ0v) is 17.6. The van der Waals surface area contributed by atoms with Crippen LogP contribution in [0.4, 0.5) is 0 Å². The highest BCUT2D eigenvalue weighted by atomic mass is 127. The molecule has 0 amide bonds. The van der Waals surface area contributed by atoms with Gasteiger partial charge in [-0.2, -0.15) is 0 Å². The Morgan fingerprint density at radius 3 is 2.52 bits per heavy atom. The first kappa shape index (κ1) is 22.1. The van der Waals surface area contributed by atoms with Gasteiger partial charge < -0.3 is 15.2 Å². The summed E-state index contributed by atoms with van der Waals surface area (Å²) in [7, 11) is 1.97. The van der Waals surface area contributed by atoms with E-state index in [1.54, 1.807) is 0 Å². The lowest BCUT2D eigenvalue weighted by molar-refractivity contribution is 0.537. The van der Waals surface area contributed by atoms with Gasteiger partial charge in [0.1, 0.15) is 12.4 Å². The Morgan fingerprint density at radius 1 is 1.22 bits per heavy atom. The van der Waals surface area contributed by atoms with Crippen LogP contribution in [0.1, 0.15) is 64.5 Å². The molecule has 0 aliphatic carbocycles. The highest BCUT2D eigenvalue weighted by molar-refractivity contribution is 14.0. The molecule has 6 nitrogen and oxygen atoms in total. The molecule has 0 aromatic carbocycles. The van der Waals surface area contributed by atoms with E-state index in [0.29, 0.717) is 12.6 Å². The summed E-state index contributed by atoms with van der Waals surface area (Å²) in [5, 5.41) is 15.0. The molecule has 7 heteroatoms. The van der Waals surface area contributed by atoms with E-state index in [9.17, 15) is 0 Å². The number of aryl methyl sites for hydroxylation is 1. The van der Waals surface area contributed by atoms with Crippen molar-refractivity contribution in [1.29, 1.82) is 0 Å². The summed E-state index contributed by atoms with van der Waals surface area (Å²) in [5.41, 5.74) is 0. The van der Waals surface area contributed by atoms with Crippen LogP contribution in [0.15, 0.2) is 4.99 Å². The van der Waals surface area contributed by atoms with Crippen molar-refractivity contribution in [2.24, 2.45) is 12.0 Å². The zero-order valence-electron chi connectivity index (χ0n) is 15.2. The number of unbranched alkanes of at least 4 members (excludes halogenated alkanes) is 3. The second-order valence-electron chi connectivity index (χ2n) is 5.81. The Morgan fingerprint density at radius 2 is 1.96 bits per heavy atom. The van der Waals surface area contributed by atoms with Crippen LogP contribution in [0.25, 0.3) is 0 Å². The molecule has 0 spiro atoms. The molecular weight excluding hydrogens is 403 g/mol. The Bertz CT molecular complexity index is 457. The first-order chi connectivity index (χ1) is 10.6. The normalized spacial score (nSPS) is 12.7. The number of aromatic nitrogens is 3. The van der Waals surface area contributed by atoms with Gasteiger partial charge in [0.15, 0.2) is 11.8 Å². The lowest BCUT2D eigenvalue weighted by atomic mass is 10.1. The van der Waals surface area contributed by atoms with E-state index in [0.717, 1.165) is 24.2 Å². The molecule has 1 heterocycles. The Labute approximate surface area is 158 Å². The van der Waals surface area contributed by atoms with E-state index in [-0.39, 0.29) is 24.0 Å². The summed E-state index contributed by atoms with van der Waals surface area (Å²) < 4.78 is 1.97. The van der Waals surface area contributed by atoms with Crippen molar-refractivity contribution >= 4 is 29.9 Å². The molecule has 2 N–H and O–H groups in total. The van der Waals surface area contributed by atoms with Crippen LogP contribution < -0.4 is 10.6 Å². The van der Waals surface area contributed by atoms with Crippen LogP contribution >= 0.6 is 24.0 Å². The number of aliphatic imine (C=N–C) groups is 1. The van der Waals surface area contributed by atoms with Gasteiger partial charge in [0, 0.05) is 19.6 Å². The molecule has 23 heavy (non-hydrogen) atoms. The minimum absolute atomic E-state index is 0. The molecule has 1 unspecified atom stereocenters. The number of nitrogens with one attached hydrogen (secondary N) is 2. The summed E-state index contributed by atoms with van der Waals surface area (Å²) in [5.74, 6) is 2.64. The maximum Gasteiger partial charge on any atom is 0.191 e. The van der Waals surface area contributed by atoms with Crippen molar-refractivity contribution in [1.82, 2.24) is 25.4 Å². The molecule has 0 aliphatic rings. The second kappa shape index (κ2) is 12.5. The number of rotatable bonds is 9. The first-order valence-electron chi connectivity index (χ1n) is 8.48. The van der Waals surface area contributed by atoms with Gasteiger partial charge in [0.2, 0.25) is 0 Å². The van der Waals surface area contributed by atoms with E-state index >= 15 is 0 Å². The third kappa shape index (κ3) is 8.53. The fourth-order valence-corrected chi connectivity index (χ4v) is 2.24. The SMILES string of the molecule is CCCCCCC(C)NC(=NCc1nnc(C)n1C)NCC.I.